The number of piperidine rings is 1. The molecule has 0 aliphatic carbocycles. The van der Waals surface area contributed by atoms with Gasteiger partial charge in [0.25, 0.3) is 0 Å². The van der Waals surface area contributed by atoms with Crippen molar-refractivity contribution in [2.24, 2.45) is 0 Å². The maximum Gasteiger partial charge on any atom is 0.243 e. The van der Waals surface area contributed by atoms with Crippen LogP contribution >= 0.6 is 0 Å². The summed E-state index contributed by atoms with van der Waals surface area (Å²) < 4.78 is 64.2. The number of carbonyl (C=O) groups excluding carboxylic acids is 1. The Labute approximate surface area is 219 Å². The molecule has 204 valence electrons. The summed E-state index contributed by atoms with van der Waals surface area (Å²) in [7, 11) is -5.88. The number of ether oxygens (including phenoxy) is 2. The number of carbonyl (C=O) groups is 1. The van der Waals surface area contributed by atoms with Crippen LogP contribution in [-0.4, -0.2) is 72.7 Å². The number of anilines is 1. The number of hydrogen-bond donors (Lipinski definition) is 1. The van der Waals surface area contributed by atoms with Gasteiger partial charge in [-0.3, -0.25) is 9.10 Å². The third-order valence-corrected chi connectivity index (χ3v) is 9.25. The molecule has 12 heteroatoms. The zero-order valence-corrected chi connectivity index (χ0v) is 23.3. The molecule has 1 aliphatic heterocycles. The molecular formula is C25H35N3O7S2. The molecule has 3 rings (SSSR count). The van der Waals surface area contributed by atoms with Gasteiger partial charge in [0.1, 0.15) is 24.1 Å². The Hall–Kier alpha value is -2.83. The number of amides is 1. The van der Waals surface area contributed by atoms with E-state index in [1.54, 1.807) is 30.3 Å². The highest BCUT2D eigenvalue weighted by Gasteiger charge is 2.31. The van der Waals surface area contributed by atoms with Crippen molar-refractivity contribution in [1.82, 2.24) is 9.62 Å². The van der Waals surface area contributed by atoms with Crippen molar-refractivity contribution in [3.63, 3.8) is 0 Å². The van der Waals surface area contributed by atoms with E-state index in [0.717, 1.165) is 35.4 Å². The fourth-order valence-corrected chi connectivity index (χ4v) is 6.89. The molecule has 2 aromatic carbocycles. The van der Waals surface area contributed by atoms with Gasteiger partial charge in [-0.05, 0) is 68.7 Å². The molecule has 2 aromatic rings. The van der Waals surface area contributed by atoms with Gasteiger partial charge in [-0.1, -0.05) is 12.5 Å². The summed E-state index contributed by atoms with van der Waals surface area (Å²) >= 11 is 0. The molecule has 1 saturated heterocycles. The minimum atomic E-state index is -3.80. The van der Waals surface area contributed by atoms with E-state index in [1.165, 1.54) is 30.5 Å². The predicted molar refractivity (Wildman–Crippen MR) is 142 cm³/mol. The second-order valence-electron chi connectivity index (χ2n) is 8.99. The quantitative estimate of drug-likeness (QED) is 0.424. The van der Waals surface area contributed by atoms with Gasteiger partial charge in [-0.25, -0.2) is 16.8 Å². The number of benzene rings is 2. The lowest BCUT2D eigenvalue weighted by molar-refractivity contribution is -0.121. The summed E-state index contributed by atoms with van der Waals surface area (Å²) in [5.74, 6) is 0.299. The molecule has 10 nitrogen and oxygen atoms in total. The zero-order chi connectivity index (χ0) is 27.2. The van der Waals surface area contributed by atoms with Crippen LogP contribution in [-0.2, 0) is 24.8 Å². The first-order valence-corrected chi connectivity index (χ1v) is 15.4. The summed E-state index contributed by atoms with van der Waals surface area (Å²) in [5, 5.41) is 2.69. The Morgan fingerprint density at radius 1 is 1.05 bits per heavy atom. The second-order valence-corrected chi connectivity index (χ2v) is 12.8. The van der Waals surface area contributed by atoms with Crippen LogP contribution in [0.15, 0.2) is 47.4 Å². The first kappa shape index (κ1) is 28.7. The second kappa shape index (κ2) is 12.1. The van der Waals surface area contributed by atoms with Crippen molar-refractivity contribution in [2.75, 3.05) is 43.9 Å². The highest BCUT2D eigenvalue weighted by molar-refractivity contribution is 7.92. The molecule has 0 radical (unpaired) electrons. The van der Waals surface area contributed by atoms with Crippen LogP contribution in [0, 0.1) is 6.92 Å². The van der Waals surface area contributed by atoms with Crippen LogP contribution in [0.5, 0.6) is 11.5 Å². The third kappa shape index (κ3) is 7.14. The lowest BCUT2D eigenvalue weighted by atomic mass is 10.2. The van der Waals surface area contributed by atoms with E-state index in [2.05, 4.69) is 5.32 Å². The minimum absolute atomic E-state index is 0.114. The average Bonchev–Trinajstić information content (AvgIpc) is 2.86. The largest absolute Gasteiger partial charge is 0.495 e. The van der Waals surface area contributed by atoms with E-state index in [0.29, 0.717) is 24.6 Å². The maximum atomic E-state index is 12.8. The minimum Gasteiger partial charge on any atom is -0.495 e. The summed E-state index contributed by atoms with van der Waals surface area (Å²) in [6.07, 6.45) is 3.81. The Kier molecular flexibility index (Phi) is 9.43. The molecule has 37 heavy (non-hydrogen) atoms. The Balaban J connectivity index is 1.58. The molecule has 1 unspecified atom stereocenters. The molecule has 0 spiro atoms. The van der Waals surface area contributed by atoms with Crippen molar-refractivity contribution in [3.05, 3.63) is 48.0 Å². The van der Waals surface area contributed by atoms with Crippen LogP contribution in [0.4, 0.5) is 5.69 Å². The van der Waals surface area contributed by atoms with E-state index in [9.17, 15) is 21.6 Å². The van der Waals surface area contributed by atoms with Crippen molar-refractivity contribution < 1.29 is 31.1 Å². The number of rotatable bonds is 11. The smallest absolute Gasteiger partial charge is 0.243 e. The lowest BCUT2D eigenvalue weighted by Crippen LogP contribution is -2.48. The predicted octanol–water partition coefficient (Wildman–Crippen LogP) is 2.53. The SMILES string of the molecule is COc1ccc(C)cc1N(C(C)C(=O)NCCOc1ccc(S(=O)(=O)N2CCCCC2)cc1)S(C)(=O)=O. The molecule has 1 fully saturated rings. The Bertz CT molecular complexity index is 1290. The van der Waals surface area contributed by atoms with Gasteiger partial charge in [0, 0.05) is 13.1 Å². The van der Waals surface area contributed by atoms with Gasteiger partial charge in [0.05, 0.1) is 30.5 Å². The fourth-order valence-electron chi connectivity index (χ4n) is 4.21. The van der Waals surface area contributed by atoms with Gasteiger partial charge in [-0.2, -0.15) is 4.31 Å². The summed E-state index contributed by atoms with van der Waals surface area (Å²) in [5.41, 5.74) is 1.10. The monoisotopic (exact) mass is 553 g/mol. The topological polar surface area (TPSA) is 122 Å². The maximum absolute atomic E-state index is 12.8. The molecule has 1 amide bonds. The molecule has 0 aromatic heterocycles. The van der Waals surface area contributed by atoms with Gasteiger partial charge < -0.3 is 14.8 Å². The van der Waals surface area contributed by atoms with E-state index in [-0.39, 0.29) is 23.7 Å². The van der Waals surface area contributed by atoms with E-state index in [1.807, 2.05) is 6.92 Å². The Morgan fingerprint density at radius 3 is 2.30 bits per heavy atom. The van der Waals surface area contributed by atoms with E-state index in [4.69, 9.17) is 9.47 Å². The fraction of sp³-hybridized carbons (Fsp3) is 0.480. The van der Waals surface area contributed by atoms with Crippen molar-refractivity contribution in [1.29, 1.82) is 0 Å². The summed E-state index contributed by atoms with van der Waals surface area (Å²) in [6, 6.07) is 10.3. The zero-order valence-electron chi connectivity index (χ0n) is 21.6. The number of nitrogens with zero attached hydrogens (tertiary/aromatic N) is 2. The first-order valence-electron chi connectivity index (χ1n) is 12.1. The van der Waals surface area contributed by atoms with Gasteiger partial charge >= 0.3 is 0 Å². The first-order chi connectivity index (χ1) is 17.4. The van der Waals surface area contributed by atoms with Crippen LogP contribution in [0.3, 0.4) is 0 Å². The number of aryl methyl sites for hydroxylation is 1. The van der Waals surface area contributed by atoms with Crippen molar-refractivity contribution >= 4 is 31.6 Å². The number of methoxy groups -OCH3 is 1. The molecule has 1 atom stereocenters. The van der Waals surface area contributed by atoms with Crippen LogP contribution in [0.1, 0.15) is 31.7 Å². The molecule has 1 heterocycles. The summed E-state index contributed by atoms with van der Waals surface area (Å²) in [6.45, 7) is 4.63. The van der Waals surface area contributed by atoms with E-state index >= 15 is 0 Å². The molecule has 0 saturated carbocycles. The van der Waals surface area contributed by atoms with Crippen molar-refractivity contribution in [2.45, 2.75) is 44.0 Å². The van der Waals surface area contributed by atoms with Crippen molar-refractivity contribution in [3.8, 4) is 11.5 Å². The highest BCUT2D eigenvalue weighted by Crippen LogP contribution is 2.32. The highest BCUT2D eigenvalue weighted by atomic mass is 32.2. The Morgan fingerprint density at radius 2 is 1.70 bits per heavy atom. The van der Waals surface area contributed by atoms with Gasteiger partial charge in [-0.15, -0.1) is 0 Å². The number of nitrogens with one attached hydrogen (secondary N) is 1. The lowest BCUT2D eigenvalue weighted by Gasteiger charge is -2.29. The molecule has 1 aliphatic rings. The molecule has 1 N–H and O–H groups in total. The molecule has 0 bridgehead atoms. The third-order valence-electron chi connectivity index (χ3n) is 6.11. The number of hydrogen-bond acceptors (Lipinski definition) is 7. The number of sulfonamides is 2. The molecular weight excluding hydrogens is 518 g/mol. The normalized spacial score (nSPS) is 15.6. The standard InChI is InChI=1S/C25H35N3O7S2/c1-19-8-13-24(34-3)23(18-19)28(36(4,30)31)20(2)25(29)26-14-17-35-21-9-11-22(12-10-21)37(32,33)27-15-6-5-7-16-27/h8-13,18,20H,5-7,14-17H2,1-4H3,(H,26,29). The van der Waals surface area contributed by atoms with E-state index < -0.39 is 32.0 Å². The van der Waals surface area contributed by atoms with Crippen LogP contribution in [0.2, 0.25) is 0 Å². The van der Waals surface area contributed by atoms with Crippen LogP contribution in [0.25, 0.3) is 0 Å². The van der Waals surface area contributed by atoms with Gasteiger partial charge in [0.2, 0.25) is 26.0 Å². The van der Waals surface area contributed by atoms with Crippen LogP contribution < -0.4 is 19.1 Å². The average molecular weight is 554 g/mol. The summed E-state index contributed by atoms with van der Waals surface area (Å²) in [4.78, 5) is 13.0. The van der Waals surface area contributed by atoms with Gasteiger partial charge in [0.15, 0.2) is 0 Å².